The van der Waals surface area contributed by atoms with Gasteiger partial charge in [-0.3, -0.25) is 0 Å². The molecule has 78 valence electrons. The molecule has 1 rings (SSSR count). The highest BCUT2D eigenvalue weighted by atomic mass is 19.5. The predicted octanol–water partition coefficient (Wildman–Crippen LogP) is 1.89. The Kier molecular flexibility index (Phi) is 4.18. The second kappa shape index (κ2) is 4.45. The molecule has 0 saturated heterocycles. The lowest BCUT2D eigenvalue weighted by Crippen LogP contribution is -2.27. The lowest BCUT2D eigenvalue weighted by molar-refractivity contribution is 0.114. The van der Waals surface area contributed by atoms with Crippen molar-refractivity contribution in [2.75, 3.05) is 20.6 Å². The average molecular weight is 203 g/mol. The fourth-order valence-corrected chi connectivity index (χ4v) is 0.672. The number of halogens is 5. The molecule has 0 spiro atoms. The molecule has 13 heavy (non-hydrogen) atoms. The number of hydrazine groups is 1. The van der Waals surface area contributed by atoms with Crippen LogP contribution in [0.15, 0.2) is 12.0 Å². The zero-order valence-electron chi connectivity index (χ0n) is 7.15. The van der Waals surface area contributed by atoms with Crippen molar-refractivity contribution in [3.63, 3.8) is 0 Å². The summed E-state index contributed by atoms with van der Waals surface area (Å²) in [4.78, 5) is 0. The van der Waals surface area contributed by atoms with Gasteiger partial charge in [0.25, 0.3) is 0 Å². The lowest BCUT2D eigenvalue weighted by atomic mass is 10.3. The Morgan fingerprint density at radius 1 is 1.23 bits per heavy atom. The molecule has 0 radical (unpaired) electrons. The van der Waals surface area contributed by atoms with E-state index in [1.165, 1.54) is 6.20 Å². The first kappa shape index (κ1) is 12.2. The molecule has 0 aromatic heterocycles. The van der Waals surface area contributed by atoms with Crippen LogP contribution in [0.2, 0.25) is 0 Å². The third-order valence-corrected chi connectivity index (χ3v) is 1.25. The first-order valence-electron chi connectivity index (χ1n) is 3.37. The third kappa shape index (κ3) is 7.57. The van der Waals surface area contributed by atoms with E-state index >= 15 is 0 Å². The normalized spacial score (nSPS) is 18.1. The van der Waals surface area contributed by atoms with Crippen LogP contribution in [0.5, 0.6) is 0 Å². The molecule has 0 aliphatic carbocycles. The fourth-order valence-electron chi connectivity index (χ4n) is 0.672. The summed E-state index contributed by atoms with van der Waals surface area (Å²) in [6.07, 6.45) is 1.47. The van der Waals surface area contributed by atoms with Gasteiger partial charge in [0, 0.05) is 20.3 Å². The third-order valence-electron chi connectivity index (χ3n) is 1.25. The summed E-state index contributed by atoms with van der Waals surface area (Å²) in [5, 5.41) is 3.50. The highest BCUT2D eigenvalue weighted by Crippen LogP contribution is 2.10. The molecule has 0 unspecified atom stereocenters. The zero-order valence-corrected chi connectivity index (χ0v) is 7.15. The minimum atomic E-state index is -6.00. The topological polar surface area (TPSA) is 6.48 Å². The number of likely N-dealkylation sites (N-methyl/N-ethyl adjacent to an activating group) is 1. The van der Waals surface area contributed by atoms with Crippen molar-refractivity contribution in [3.05, 3.63) is 12.0 Å². The molecular formula is C5H9BF5N2-. The fraction of sp³-hybridized carbons (Fsp3) is 0.600. The molecule has 1 aliphatic heterocycles. The van der Waals surface area contributed by atoms with E-state index in [0.29, 0.717) is 6.54 Å². The lowest BCUT2D eigenvalue weighted by Gasteiger charge is -2.18. The summed E-state index contributed by atoms with van der Waals surface area (Å²) < 4.78 is 51.2. The Balaban J connectivity index is 0.000000252. The number of rotatable bonds is 0. The quantitative estimate of drug-likeness (QED) is 0.438. The molecule has 0 saturated carbocycles. The summed E-state index contributed by atoms with van der Waals surface area (Å²) in [6.45, 7) is 0.413. The summed E-state index contributed by atoms with van der Waals surface area (Å²) in [5.74, 6) is -0.0741. The van der Waals surface area contributed by atoms with Gasteiger partial charge < -0.3 is 22.3 Å². The van der Waals surface area contributed by atoms with Gasteiger partial charge in [-0.2, -0.15) is 0 Å². The summed E-state index contributed by atoms with van der Waals surface area (Å²) in [6, 6.07) is 0. The van der Waals surface area contributed by atoms with Gasteiger partial charge in [-0.05, 0) is 0 Å². The van der Waals surface area contributed by atoms with Crippen LogP contribution >= 0.6 is 0 Å². The van der Waals surface area contributed by atoms with E-state index in [4.69, 9.17) is 0 Å². The van der Waals surface area contributed by atoms with Crippen LogP contribution in [0.1, 0.15) is 0 Å². The standard InChI is InChI=1S/C5H9FN2.BF4/c1-7-3-5(6)4-8(7)2;2-1(3,4)5/h3H,4H2,1-2H3;/q;-1. The van der Waals surface area contributed by atoms with Gasteiger partial charge in [-0.1, -0.05) is 0 Å². The maximum absolute atomic E-state index is 12.2. The van der Waals surface area contributed by atoms with Gasteiger partial charge in [-0.25, -0.2) is 9.40 Å². The highest BCUT2D eigenvalue weighted by molar-refractivity contribution is 6.50. The van der Waals surface area contributed by atoms with Crippen molar-refractivity contribution in [1.82, 2.24) is 10.0 Å². The van der Waals surface area contributed by atoms with Crippen molar-refractivity contribution >= 4 is 7.25 Å². The van der Waals surface area contributed by atoms with Crippen LogP contribution in [-0.2, 0) is 0 Å². The highest BCUT2D eigenvalue weighted by Gasteiger charge is 2.20. The van der Waals surface area contributed by atoms with Gasteiger partial charge >= 0.3 is 7.25 Å². The van der Waals surface area contributed by atoms with E-state index in [2.05, 4.69) is 0 Å². The number of hydrogen-bond acceptors (Lipinski definition) is 2. The first-order chi connectivity index (χ1) is 5.70. The molecule has 0 N–H and O–H groups in total. The van der Waals surface area contributed by atoms with E-state index in [1.54, 1.807) is 10.0 Å². The Labute approximate surface area is 72.7 Å². The van der Waals surface area contributed by atoms with Crippen LogP contribution in [0.25, 0.3) is 0 Å². The smallest absolute Gasteiger partial charge is 0.418 e. The van der Waals surface area contributed by atoms with Crippen LogP contribution in [0.4, 0.5) is 21.7 Å². The SMILES string of the molecule is CN1C=C(F)CN1C.F[B-](F)(F)F. The minimum absolute atomic E-state index is 0.0741. The summed E-state index contributed by atoms with van der Waals surface area (Å²) in [7, 11) is -2.35. The van der Waals surface area contributed by atoms with E-state index in [9.17, 15) is 21.7 Å². The van der Waals surface area contributed by atoms with Gasteiger partial charge in [-0.15, -0.1) is 0 Å². The van der Waals surface area contributed by atoms with Crippen molar-refractivity contribution in [2.24, 2.45) is 0 Å². The van der Waals surface area contributed by atoms with Crippen LogP contribution in [-0.4, -0.2) is 37.9 Å². The molecule has 0 atom stereocenters. The molecular weight excluding hydrogens is 194 g/mol. The maximum Gasteiger partial charge on any atom is 0.673 e. The Morgan fingerprint density at radius 2 is 1.62 bits per heavy atom. The van der Waals surface area contributed by atoms with E-state index < -0.39 is 7.25 Å². The van der Waals surface area contributed by atoms with Crippen LogP contribution in [0, 0.1) is 0 Å². The zero-order chi connectivity index (χ0) is 10.6. The molecule has 1 aliphatic rings. The average Bonchev–Trinajstić information content (AvgIpc) is 2.05. The van der Waals surface area contributed by atoms with Crippen LogP contribution < -0.4 is 0 Å². The van der Waals surface area contributed by atoms with E-state index in [0.717, 1.165) is 0 Å². The van der Waals surface area contributed by atoms with Crippen molar-refractivity contribution in [2.45, 2.75) is 0 Å². The van der Waals surface area contributed by atoms with Crippen molar-refractivity contribution in [1.29, 1.82) is 0 Å². The van der Waals surface area contributed by atoms with Gasteiger partial charge in [0.15, 0.2) is 0 Å². The Bertz CT molecular complexity index is 186. The van der Waals surface area contributed by atoms with Crippen molar-refractivity contribution in [3.8, 4) is 0 Å². The van der Waals surface area contributed by atoms with E-state index in [-0.39, 0.29) is 5.83 Å². The monoisotopic (exact) mass is 203 g/mol. The molecule has 8 heteroatoms. The summed E-state index contributed by atoms with van der Waals surface area (Å²) in [5.41, 5.74) is 0. The molecule has 1 heterocycles. The molecule has 0 fully saturated rings. The molecule has 0 bridgehead atoms. The number of hydrogen-bond donors (Lipinski definition) is 0. The predicted molar refractivity (Wildman–Crippen MR) is 39.8 cm³/mol. The second-order valence-electron chi connectivity index (χ2n) is 2.46. The largest absolute Gasteiger partial charge is 0.673 e. The second-order valence-corrected chi connectivity index (χ2v) is 2.46. The Morgan fingerprint density at radius 3 is 1.69 bits per heavy atom. The van der Waals surface area contributed by atoms with Crippen LogP contribution in [0.3, 0.4) is 0 Å². The Hall–Kier alpha value is -0.785. The number of nitrogens with zero attached hydrogens (tertiary/aromatic N) is 2. The maximum atomic E-state index is 12.2. The molecule has 0 aromatic carbocycles. The van der Waals surface area contributed by atoms with Gasteiger partial charge in [0.1, 0.15) is 5.83 Å². The first-order valence-corrected chi connectivity index (χ1v) is 3.37. The van der Waals surface area contributed by atoms with Gasteiger partial charge in [0.2, 0.25) is 0 Å². The molecule has 0 aromatic rings. The molecule has 0 amide bonds. The summed E-state index contributed by atoms with van der Waals surface area (Å²) >= 11 is 0. The van der Waals surface area contributed by atoms with Crippen molar-refractivity contribution < 1.29 is 21.7 Å². The molecule has 2 nitrogen and oxygen atoms in total. The minimum Gasteiger partial charge on any atom is -0.418 e. The van der Waals surface area contributed by atoms with E-state index in [1.807, 2.05) is 14.1 Å². The van der Waals surface area contributed by atoms with Gasteiger partial charge in [0.05, 0.1) is 6.54 Å².